The molecule has 0 aromatic heterocycles. The molecule has 1 aliphatic heterocycles. The number of allylic oxidation sites excluding steroid dienone is 2. The quantitative estimate of drug-likeness (QED) is 0.459. The highest BCUT2D eigenvalue weighted by Crippen LogP contribution is 2.53. The fourth-order valence-electron chi connectivity index (χ4n) is 3.36. The van der Waals surface area contributed by atoms with E-state index in [0.29, 0.717) is 5.57 Å². The Balaban J connectivity index is 2.39. The van der Waals surface area contributed by atoms with Gasteiger partial charge in [-0.25, -0.2) is 4.79 Å². The van der Waals surface area contributed by atoms with E-state index in [1.807, 2.05) is 0 Å². The lowest BCUT2D eigenvalue weighted by atomic mass is 9.61. The number of fused-ring (bicyclic) bond motifs is 1. The summed E-state index contributed by atoms with van der Waals surface area (Å²) >= 11 is 0. The van der Waals surface area contributed by atoms with Crippen molar-refractivity contribution in [2.75, 3.05) is 13.1 Å². The van der Waals surface area contributed by atoms with Crippen LogP contribution in [0.3, 0.4) is 0 Å². The van der Waals surface area contributed by atoms with E-state index >= 15 is 0 Å². The zero-order valence-corrected chi connectivity index (χ0v) is 14.2. The SMILES string of the molecule is CC12CC=C(OS(=O)(=O)C(F)(F)F)C(C)(C)C1=CCN(C(=O)O)C2. The van der Waals surface area contributed by atoms with Crippen LogP contribution in [0.5, 0.6) is 0 Å². The predicted octanol–water partition coefficient (Wildman–Crippen LogP) is 3.09. The van der Waals surface area contributed by atoms with E-state index in [1.165, 1.54) is 11.0 Å². The summed E-state index contributed by atoms with van der Waals surface area (Å²) in [5.41, 5.74) is -6.57. The molecule has 0 aromatic carbocycles. The van der Waals surface area contributed by atoms with Gasteiger partial charge in [-0.1, -0.05) is 18.6 Å². The summed E-state index contributed by atoms with van der Waals surface area (Å²) in [6, 6.07) is 0. The van der Waals surface area contributed by atoms with E-state index in [0.717, 1.165) is 0 Å². The third kappa shape index (κ3) is 2.99. The van der Waals surface area contributed by atoms with Crippen LogP contribution in [-0.4, -0.2) is 43.1 Å². The van der Waals surface area contributed by atoms with Crippen molar-refractivity contribution in [2.24, 2.45) is 10.8 Å². The molecule has 0 bridgehead atoms. The molecular formula is C14H18F3NO5S. The van der Waals surface area contributed by atoms with Crippen LogP contribution in [0.15, 0.2) is 23.5 Å². The van der Waals surface area contributed by atoms with Gasteiger partial charge < -0.3 is 14.2 Å². The number of amides is 1. The Kier molecular flexibility index (Phi) is 4.19. The van der Waals surface area contributed by atoms with E-state index in [2.05, 4.69) is 4.18 Å². The molecular weight excluding hydrogens is 351 g/mol. The van der Waals surface area contributed by atoms with Crippen molar-refractivity contribution >= 4 is 16.2 Å². The number of carbonyl (C=O) groups is 1. The molecule has 0 aromatic rings. The number of hydrogen-bond acceptors (Lipinski definition) is 4. The molecule has 24 heavy (non-hydrogen) atoms. The molecule has 0 radical (unpaired) electrons. The Hall–Kier alpha value is -1.71. The first kappa shape index (κ1) is 18.6. The Labute approximate surface area is 137 Å². The molecule has 136 valence electrons. The van der Waals surface area contributed by atoms with Gasteiger partial charge in [0.2, 0.25) is 0 Å². The smallest absolute Gasteiger partial charge is 0.465 e. The van der Waals surface area contributed by atoms with Gasteiger partial charge in [0.1, 0.15) is 5.76 Å². The number of rotatable bonds is 2. The highest BCUT2D eigenvalue weighted by atomic mass is 32.2. The molecule has 1 N–H and O–H groups in total. The zero-order valence-electron chi connectivity index (χ0n) is 13.3. The molecule has 1 unspecified atom stereocenters. The first-order valence-corrected chi connectivity index (χ1v) is 8.52. The fraction of sp³-hybridized carbons (Fsp3) is 0.643. The maximum Gasteiger partial charge on any atom is 0.534 e. The monoisotopic (exact) mass is 369 g/mol. The largest absolute Gasteiger partial charge is 0.534 e. The lowest BCUT2D eigenvalue weighted by Crippen LogP contribution is -2.49. The third-order valence-electron chi connectivity index (χ3n) is 4.49. The normalized spacial score (nSPS) is 27.0. The number of hydrogen-bond donors (Lipinski definition) is 1. The van der Waals surface area contributed by atoms with Crippen LogP contribution < -0.4 is 0 Å². The minimum atomic E-state index is -5.75. The Morgan fingerprint density at radius 3 is 2.38 bits per heavy atom. The van der Waals surface area contributed by atoms with Gasteiger partial charge in [0.15, 0.2) is 0 Å². The summed E-state index contributed by atoms with van der Waals surface area (Å²) in [7, 11) is -5.75. The predicted molar refractivity (Wildman–Crippen MR) is 78.3 cm³/mol. The molecule has 1 heterocycles. The van der Waals surface area contributed by atoms with Gasteiger partial charge in [-0.15, -0.1) is 0 Å². The molecule has 2 aliphatic rings. The second kappa shape index (κ2) is 5.40. The molecule has 1 aliphatic carbocycles. The molecule has 0 fully saturated rings. The molecule has 10 heteroatoms. The number of alkyl halides is 3. The highest BCUT2D eigenvalue weighted by Gasteiger charge is 2.53. The van der Waals surface area contributed by atoms with Crippen LogP contribution in [-0.2, 0) is 14.3 Å². The second-order valence-corrected chi connectivity index (χ2v) is 8.26. The molecule has 1 amide bonds. The van der Waals surface area contributed by atoms with Crippen molar-refractivity contribution < 1.29 is 35.7 Å². The average molecular weight is 369 g/mol. The topological polar surface area (TPSA) is 83.9 Å². The first-order chi connectivity index (χ1) is 10.7. The zero-order chi connectivity index (χ0) is 18.6. The summed E-state index contributed by atoms with van der Waals surface area (Å²) in [4.78, 5) is 12.3. The molecule has 0 spiro atoms. The van der Waals surface area contributed by atoms with Crippen molar-refractivity contribution in [2.45, 2.75) is 32.7 Å². The molecule has 0 saturated heterocycles. The van der Waals surface area contributed by atoms with Crippen molar-refractivity contribution in [3.05, 3.63) is 23.5 Å². The van der Waals surface area contributed by atoms with Crippen LogP contribution in [0.25, 0.3) is 0 Å². The van der Waals surface area contributed by atoms with Gasteiger partial charge in [-0.2, -0.15) is 21.6 Å². The van der Waals surface area contributed by atoms with Crippen molar-refractivity contribution in [1.29, 1.82) is 0 Å². The lowest BCUT2D eigenvalue weighted by molar-refractivity contribution is -0.0532. The number of carboxylic acid groups (broad SMARTS) is 1. The minimum absolute atomic E-state index is 0.0863. The Bertz CT molecular complexity index is 723. The van der Waals surface area contributed by atoms with E-state index in [4.69, 9.17) is 5.11 Å². The summed E-state index contributed by atoms with van der Waals surface area (Å²) in [5.74, 6) is -0.299. The van der Waals surface area contributed by atoms with E-state index in [1.54, 1.807) is 26.8 Å². The maximum absolute atomic E-state index is 12.6. The van der Waals surface area contributed by atoms with Gasteiger partial charge in [0.25, 0.3) is 0 Å². The van der Waals surface area contributed by atoms with Crippen LogP contribution in [0.1, 0.15) is 27.2 Å². The van der Waals surface area contributed by atoms with E-state index in [9.17, 15) is 26.4 Å². The molecule has 6 nitrogen and oxygen atoms in total. The Morgan fingerprint density at radius 1 is 1.29 bits per heavy atom. The van der Waals surface area contributed by atoms with Crippen molar-refractivity contribution in [1.82, 2.24) is 4.90 Å². The fourth-order valence-corrected chi connectivity index (χ4v) is 3.97. The number of halogens is 3. The van der Waals surface area contributed by atoms with Crippen LogP contribution in [0, 0.1) is 10.8 Å². The summed E-state index contributed by atoms with van der Waals surface area (Å²) in [6.45, 7) is 5.17. The van der Waals surface area contributed by atoms with Gasteiger partial charge in [-0.05, 0) is 26.3 Å². The first-order valence-electron chi connectivity index (χ1n) is 7.11. The van der Waals surface area contributed by atoms with Gasteiger partial charge in [-0.3, -0.25) is 0 Å². The number of nitrogens with zero attached hydrogens (tertiary/aromatic N) is 1. The van der Waals surface area contributed by atoms with Crippen LogP contribution in [0.2, 0.25) is 0 Å². The summed E-state index contributed by atoms with van der Waals surface area (Å²) in [5, 5.41) is 9.12. The average Bonchev–Trinajstić information content (AvgIpc) is 2.40. The van der Waals surface area contributed by atoms with Crippen LogP contribution >= 0.6 is 0 Å². The molecule has 0 saturated carbocycles. The highest BCUT2D eigenvalue weighted by molar-refractivity contribution is 7.87. The summed E-state index contributed by atoms with van der Waals surface area (Å²) < 4.78 is 64.6. The maximum atomic E-state index is 12.6. The van der Waals surface area contributed by atoms with Gasteiger partial charge >= 0.3 is 21.7 Å². The second-order valence-electron chi connectivity index (χ2n) is 6.72. The van der Waals surface area contributed by atoms with Gasteiger partial charge in [0, 0.05) is 23.9 Å². The van der Waals surface area contributed by atoms with Crippen LogP contribution in [0.4, 0.5) is 18.0 Å². The third-order valence-corrected chi connectivity index (χ3v) is 5.45. The minimum Gasteiger partial charge on any atom is -0.465 e. The molecule has 1 atom stereocenters. The lowest BCUT2D eigenvalue weighted by Gasteiger charge is -2.49. The van der Waals surface area contributed by atoms with Gasteiger partial charge in [0.05, 0.1) is 0 Å². The van der Waals surface area contributed by atoms with Crippen molar-refractivity contribution in [3.8, 4) is 0 Å². The molecule has 2 rings (SSSR count). The summed E-state index contributed by atoms with van der Waals surface area (Å²) in [6.07, 6.45) is 2.00. The standard InChI is InChI=1S/C14H18F3NO5S/c1-12(2)9-5-7-18(11(19)20)8-13(9,3)6-4-10(12)23-24(21,22)14(15,16)17/h4-5H,6-8H2,1-3H3,(H,19,20). The van der Waals surface area contributed by atoms with E-state index in [-0.39, 0.29) is 25.3 Å². The van der Waals surface area contributed by atoms with E-state index < -0.39 is 32.5 Å². The van der Waals surface area contributed by atoms with Crippen molar-refractivity contribution in [3.63, 3.8) is 0 Å². The Morgan fingerprint density at radius 2 is 1.88 bits per heavy atom.